The third kappa shape index (κ3) is 1.46. The van der Waals surface area contributed by atoms with Crippen LogP contribution in [-0.4, -0.2) is 39.9 Å². The van der Waals surface area contributed by atoms with E-state index in [9.17, 15) is 0 Å². The SMILES string of the molecule is CC1C[C@H](O)C(O)[C@@H](O)O1. The van der Waals surface area contributed by atoms with Gasteiger partial charge in [-0.05, 0) is 6.92 Å². The summed E-state index contributed by atoms with van der Waals surface area (Å²) in [7, 11) is 0. The van der Waals surface area contributed by atoms with Gasteiger partial charge in [0.1, 0.15) is 6.10 Å². The summed E-state index contributed by atoms with van der Waals surface area (Å²) in [6, 6.07) is 0. The van der Waals surface area contributed by atoms with Gasteiger partial charge in [0.25, 0.3) is 0 Å². The largest absolute Gasteiger partial charge is 0.390 e. The molecule has 0 aromatic heterocycles. The molecule has 0 radical (unpaired) electrons. The Morgan fingerprint density at radius 3 is 2.40 bits per heavy atom. The number of aliphatic hydroxyl groups is 3. The molecule has 4 atom stereocenters. The van der Waals surface area contributed by atoms with Gasteiger partial charge in [-0.25, -0.2) is 0 Å². The topological polar surface area (TPSA) is 69.9 Å². The number of aliphatic hydroxyl groups excluding tert-OH is 3. The molecule has 0 amide bonds. The Morgan fingerprint density at radius 1 is 1.30 bits per heavy atom. The summed E-state index contributed by atoms with van der Waals surface area (Å²) in [5.74, 6) is 0. The number of hydrogen-bond acceptors (Lipinski definition) is 4. The van der Waals surface area contributed by atoms with Gasteiger partial charge in [0.2, 0.25) is 0 Å². The van der Waals surface area contributed by atoms with Gasteiger partial charge < -0.3 is 20.1 Å². The van der Waals surface area contributed by atoms with Crippen LogP contribution in [0.1, 0.15) is 13.3 Å². The van der Waals surface area contributed by atoms with E-state index in [0.717, 1.165) is 0 Å². The Bertz CT molecular complexity index is 104. The molecule has 1 heterocycles. The highest BCUT2D eigenvalue weighted by Crippen LogP contribution is 2.17. The molecule has 0 saturated carbocycles. The van der Waals surface area contributed by atoms with Crippen molar-refractivity contribution >= 4 is 0 Å². The maximum atomic E-state index is 9.03. The summed E-state index contributed by atoms with van der Waals surface area (Å²) >= 11 is 0. The first-order valence-electron chi connectivity index (χ1n) is 3.31. The van der Waals surface area contributed by atoms with Gasteiger partial charge in [-0.3, -0.25) is 0 Å². The average Bonchev–Trinajstić information content (AvgIpc) is 1.82. The number of rotatable bonds is 0. The van der Waals surface area contributed by atoms with Crippen LogP contribution in [0.25, 0.3) is 0 Å². The van der Waals surface area contributed by atoms with Crippen molar-refractivity contribution in [3.05, 3.63) is 0 Å². The van der Waals surface area contributed by atoms with Crippen molar-refractivity contribution in [2.45, 2.75) is 37.9 Å². The van der Waals surface area contributed by atoms with E-state index in [2.05, 4.69) is 0 Å². The summed E-state index contributed by atoms with van der Waals surface area (Å²) in [5.41, 5.74) is 0. The third-order valence-electron chi connectivity index (χ3n) is 1.63. The Labute approximate surface area is 59.1 Å². The van der Waals surface area contributed by atoms with Crippen LogP contribution in [0.2, 0.25) is 0 Å². The normalized spacial score (nSPS) is 49.2. The highest BCUT2D eigenvalue weighted by Gasteiger charge is 2.33. The van der Waals surface area contributed by atoms with Crippen LogP contribution in [0.4, 0.5) is 0 Å². The molecule has 0 bridgehead atoms. The molecule has 1 aliphatic heterocycles. The zero-order chi connectivity index (χ0) is 7.72. The van der Waals surface area contributed by atoms with Crippen molar-refractivity contribution in [1.82, 2.24) is 0 Å². The standard InChI is InChI=1S/C6H12O4/c1-3-2-4(7)5(8)6(9)10-3/h3-9H,2H2,1H3/t3?,4-,5?,6-/m0/s1. The predicted molar refractivity (Wildman–Crippen MR) is 33.2 cm³/mol. The van der Waals surface area contributed by atoms with Crippen molar-refractivity contribution in [1.29, 1.82) is 0 Å². The lowest BCUT2D eigenvalue weighted by molar-refractivity contribution is -0.242. The molecule has 1 rings (SSSR count). The first kappa shape index (κ1) is 7.94. The average molecular weight is 148 g/mol. The quantitative estimate of drug-likeness (QED) is 0.405. The Hall–Kier alpha value is -0.160. The summed E-state index contributed by atoms with van der Waals surface area (Å²) < 4.78 is 4.81. The van der Waals surface area contributed by atoms with E-state index in [1.54, 1.807) is 6.92 Å². The fraction of sp³-hybridized carbons (Fsp3) is 1.00. The second-order valence-corrected chi connectivity index (χ2v) is 2.63. The first-order valence-corrected chi connectivity index (χ1v) is 3.31. The van der Waals surface area contributed by atoms with Crippen LogP contribution in [0.3, 0.4) is 0 Å². The Balaban J connectivity index is 2.49. The van der Waals surface area contributed by atoms with Gasteiger partial charge in [0.05, 0.1) is 12.2 Å². The van der Waals surface area contributed by atoms with E-state index in [1.807, 2.05) is 0 Å². The van der Waals surface area contributed by atoms with E-state index in [4.69, 9.17) is 20.1 Å². The van der Waals surface area contributed by atoms with Crippen LogP contribution in [-0.2, 0) is 4.74 Å². The molecular weight excluding hydrogens is 136 g/mol. The lowest BCUT2D eigenvalue weighted by Gasteiger charge is -2.32. The molecular formula is C6H12O4. The van der Waals surface area contributed by atoms with Crippen molar-refractivity contribution < 1.29 is 20.1 Å². The second kappa shape index (κ2) is 2.84. The van der Waals surface area contributed by atoms with E-state index in [1.165, 1.54) is 0 Å². The first-order chi connectivity index (χ1) is 4.61. The fourth-order valence-electron chi connectivity index (χ4n) is 1.04. The van der Waals surface area contributed by atoms with Gasteiger partial charge in [0, 0.05) is 6.42 Å². The minimum absolute atomic E-state index is 0.187. The van der Waals surface area contributed by atoms with E-state index in [-0.39, 0.29) is 6.10 Å². The zero-order valence-electron chi connectivity index (χ0n) is 5.77. The van der Waals surface area contributed by atoms with Gasteiger partial charge >= 0.3 is 0 Å². The van der Waals surface area contributed by atoms with Gasteiger partial charge in [0.15, 0.2) is 6.29 Å². The number of hydrogen-bond donors (Lipinski definition) is 3. The van der Waals surface area contributed by atoms with E-state index in [0.29, 0.717) is 6.42 Å². The van der Waals surface area contributed by atoms with Crippen LogP contribution in [0.5, 0.6) is 0 Å². The molecule has 4 nitrogen and oxygen atoms in total. The maximum absolute atomic E-state index is 9.03. The zero-order valence-corrected chi connectivity index (χ0v) is 5.77. The molecule has 1 saturated heterocycles. The van der Waals surface area contributed by atoms with Crippen LogP contribution >= 0.6 is 0 Å². The summed E-state index contributed by atoms with van der Waals surface area (Å²) in [6.07, 6.45) is -3.07. The molecule has 0 aromatic carbocycles. The monoisotopic (exact) mass is 148 g/mol. The molecule has 1 aliphatic rings. The minimum Gasteiger partial charge on any atom is -0.390 e. The lowest BCUT2D eigenvalue weighted by Crippen LogP contribution is -2.47. The summed E-state index contributed by atoms with van der Waals surface area (Å²) in [6.45, 7) is 1.73. The Morgan fingerprint density at radius 2 is 1.90 bits per heavy atom. The summed E-state index contributed by atoms with van der Waals surface area (Å²) in [4.78, 5) is 0. The van der Waals surface area contributed by atoms with Crippen molar-refractivity contribution in [2.75, 3.05) is 0 Å². The fourth-order valence-corrected chi connectivity index (χ4v) is 1.04. The van der Waals surface area contributed by atoms with Crippen molar-refractivity contribution in [2.24, 2.45) is 0 Å². The molecule has 1 fully saturated rings. The van der Waals surface area contributed by atoms with E-state index >= 15 is 0 Å². The molecule has 0 aromatic rings. The van der Waals surface area contributed by atoms with Crippen molar-refractivity contribution in [3.8, 4) is 0 Å². The molecule has 2 unspecified atom stereocenters. The van der Waals surface area contributed by atoms with Crippen LogP contribution in [0, 0.1) is 0 Å². The molecule has 10 heavy (non-hydrogen) atoms. The van der Waals surface area contributed by atoms with E-state index < -0.39 is 18.5 Å². The Kier molecular flexibility index (Phi) is 2.25. The smallest absolute Gasteiger partial charge is 0.183 e. The molecule has 3 N–H and O–H groups in total. The van der Waals surface area contributed by atoms with Crippen LogP contribution < -0.4 is 0 Å². The predicted octanol–water partition coefficient (Wildman–Crippen LogP) is -1.16. The van der Waals surface area contributed by atoms with Gasteiger partial charge in [-0.15, -0.1) is 0 Å². The van der Waals surface area contributed by atoms with Crippen molar-refractivity contribution in [3.63, 3.8) is 0 Å². The summed E-state index contributed by atoms with van der Waals surface area (Å²) in [5, 5.41) is 26.9. The number of ether oxygens (including phenoxy) is 1. The van der Waals surface area contributed by atoms with Crippen LogP contribution in [0.15, 0.2) is 0 Å². The lowest BCUT2D eigenvalue weighted by atomic mass is 10.0. The van der Waals surface area contributed by atoms with Gasteiger partial charge in [-0.1, -0.05) is 0 Å². The minimum atomic E-state index is -1.24. The highest BCUT2D eigenvalue weighted by atomic mass is 16.6. The van der Waals surface area contributed by atoms with Gasteiger partial charge in [-0.2, -0.15) is 0 Å². The molecule has 60 valence electrons. The highest BCUT2D eigenvalue weighted by molar-refractivity contribution is 4.77. The molecule has 4 heteroatoms. The second-order valence-electron chi connectivity index (χ2n) is 2.63. The molecule has 0 aliphatic carbocycles. The third-order valence-corrected chi connectivity index (χ3v) is 1.63. The maximum Gasteiger partial charge on any atom is 0.183 e. The molecule has 0 spiro atoms.